The molecule has 0 saturated carbocycles. The maximum Gasteiger partial charge on any atom is 0.344 e. The van der Waals surface area contributed by atoms with Crippen LogP contribution in [0.25, 0.3) is 11.3 Å². The molecule has 0 spiro atoms. The smallest absolute Gasteiger partial charge is 0.344 e. The minimum Gasteiger partial charge on any atom is -0.479 e. The first-order valence-corrected chi connectivity index (χ1v) is 9.76. The highest BCUT2D eigenvalue weighted by Gasteiger charge is 2.17. The van der Waals surface area contributed by atoms with E-state index in [0.717, 1.165) is 11.3 Å². The molecule has 1 unspecified atom stereocenters. The van der Waals surface area contributed by atoms with Gasteiger partial charge in [0.1, 0.15) is 0 Å². The van der Waals surface area contributed by atoms with E-state index in [4.69, 9.17) is 33.0 Å². The molecule has 0 aliphatic rings. The summed E-state index contributed by atoms with van der Waals surface area (Å²) >= 11 is 13.7. The van der Waals surface area contributed by atoms with Crippen LogP contribution in [0.2, 0.25) is 10.0 Å². The van der Waals surface area contributed by atoms with Gasteiger partial charge in [-0.05, 0) is 24.6 Å². The van der Waals surface area contributed by atoms with Gasteiger partial charge >= 0.3 is 5.97 Å². The maximum atomic E-state index is 10.9. The van der Waals surface area contributed by atoms with Crippen molar-refractivity contribution in [1.29, 1.82) is 0 Å². The minimum atomic E-state index is -1.11. The van der Waals surface area contributed by atoms with E-state index < -0.39 is 12.1 Å². The number of hydrazone groups is 1. The summed E-state index contributed by atoms with van der Waals surface area (Å²) in [5.41, 5.74) is 5.38. The number of carbonyl (C=O) groups is 1. The van der Waals surface area contributed by atoms with Gasteiger partial charge in [-0.1, -0.05) is 53.5 Å². The number of aliphatic carboxylic acids is 1. The number of aromatic nitrogens is 1. The van der Waals surface area contributed by atoms with Gasteiger partial charge < -0.3 is 9.84 Å². The second-order valence-electron chi connectivity index (χ2n) is 5.69. The van der Waals surface area contributed by atoms with Crippen molar-refractivity contribution in [3.05, 3.63) is 63.5 Å². The lowest BCUT2D eigenvalue weighted by atomic mass is 10.2. The molecule has 1 heterocycles. The molecular formula is C19H15Cl2N3O3S. The molecule has 0 saturated heterocycles. The van der Waals surface area contributed by atoms with Gasteiger partial charge in [-0.25, -0.2) is 9.78 Å². The Hall–Kier alpha value is -2.61. The standard InChI is InChI=1S/C19H15Cl2N3O3S/c1-11(18(25)26)27-17-14(20)7-12(8-15(17)21)9-22-24-19-23-16(10-28-19)13-5-3-2-4-6-13/h2-11H,1H3,(H,23,24)(H,25,26). The second-order valence-corrected chi connectivity index (χ2v) is 7.36. The third kappa shape index (κ3) is 5.01. The molecule has 2 aromatic carbocycles. The Bertz CT molecular complexity index is 986. The molecule has 0 radical (unpaired) electrons. The highest BCUT2D eigenvalue weighted by molar-refractivity contribution is 7.14. The zero-order chi connectivity index (χ0) is 20.1. The summed E-state index contributed by atoms with van der Waals surface area (Å²) in [6.45, 7) is 1.39. The van der Waals surface area contributed by atoms with Crippen molar-refractivity contribution in [3.8, 4) is 17.0 Å². The number of ether oxygens (including phenoxy) is 1. The van der Waals surface area contributed by atoms with Gasteiger partial charge in [-0.15, -0.1) is 11.3 Å². The van der Waals surface area contributed by atoms with Crippen LogP contribution in [0.15, 0.2) is 52.9 Å². The van der Waals surface area contributed by atoms with Crippen LogP contribution in [-0.4, -0.2) is 28.4 Å². The number of halogens is 2. The molecule has 1 aromatic heterocycles. The highest BCUT2D eigenvalue weighted by Crippen LogP contribution is 2.34. The Morgan fingerprint density at radius 3 is 2.61 bits per heavy atom. The molecule has 0 fully saturated rings. The Balaban J connectivity index is 1.68. The fourth-order valence-corrected chi connectivity index (χ4v) is 3.48. The van der Waals surface area contributed by atoms with Gasteiger partial charge in [0, 0.05) is 10.9 Å². The van der Waals surface area contributed by atoms with Crippen molar-refractivity contribution < 1.29 is 14.6 Å². The maximum absolute atomic E-state index is 10.9. The van der Waals surface area contributed by atoms with Crippen LogP contribution in [0, 0.1) is 0 Å². The molecule has 2 N–H and O–H groups in total. The average molecular weight is 436 g/mol. The predicted octanol–water partition coefficient (Wildman–Crippen LogP) is 5.41. The van der Waals surface area contributed by atoms with Crippen molar-refractivity contribution >= 4 is 51.9 Å². The number of nitrogens with one attached hydrogen (secondary N) is 1. The van der Waals surface area contributed by atoms with Crippen LogP contribution >= 0.6 is 34.5 Å². The summed E-state index contributed by atoms with van der Waals surface area (Å²) in [5.74, 6) is -0.990. The third-order valence-electron chi connectivity index (χ3n) is 3.61. The van der Waals surface area contributed by atoms with Gasteiger partial charge in [0.25, 0.3) is 0 Å². The first kappa shape index (κ1) is 20.1. The van der Waals surface area contributed by atoms with Crippen molar-refractivity contribution in [2.24, 2.45) is 5.10 Å². The summed E-state index contributed by atoms with van der Waals surface area (Å²) in [5, 5.41) is 16.0. The van der Waals surface area contributed by atoms with E-state index in [2.05, 4.69) is 15.5 Å². The van der Waals surface area contributed by atoms with Crippen LogP contribution < -0.4 is 10.2 Å². The van der Waals surface area contributed by atoms with E-state index in [1.54, 1.807) is 12.1 Å². The Labute approximate surface area is 175 Å². The quantitative estimate of drug-likeness (QED) is 0.382. The van der Waals surface area contributed by atoms with Crippen LogP contribution in [0.3, 0.4) is 0 Å². The van der Waals surface area contributed by atoms with E-state index in [0.29, 0.717) is 10.7 Å². The second kappa shape index (κ2) is 9.05. The number of carboxylic acid groups (broad SMARTS) is 1. The summed E-state index contributed by atoms with van der Waals surface area (Å²) in [6, 6.07) is 13.0. The monoisotopic (exact) mass is 435 g/mol. The average Bonchev–Trinajstić information content (AvgIpc) is 3.14. The molecule has 0 bridgehead atoms. The Morgan fingerprint density at radius 1 is 1.29 bits per heavy atom. The topological polar surface area (TPSA) is 83.8 Å². The van der Waals surface area contributed by atoms with E-state index in [1.165, 1.54) is 24.5 Å². The molecule has 144 valence electrons. The first-order chi connectivity index (χ1) is 13.4. The van der Waals surface area contributed by atoms with E-state index in [9.17, 15) is 4.79 Å². The van der Waals surface area contributed by atoms with Crippen LogP contribution in [0.4, 0.5) is 5.13 Å². The zero-order valence-corrected chi connectivity index (χ0v) is 16.9. The molecule has 1 atom stereocenters. The molecule has 9 heteroatoms. The van der Waals surface area contributed by atoms with Crippen molar-refractivity contribution in [2.45, 2.75) is 13.0 Å². The fourth-order valence-electron chi connectivity index (χ4n) is 2.22. The molecule has 0 aliphatic carbocycles. The molecule has 3 aromatic rings. The number of thiazole rings is 1. The van der Waals surface area contributed by atoms with Crippen LogP contribution in [0.1, 0.15) is 12.5 Å². The largest absolute Gasteiger partial charge is 0.479 e. The zero-order valence-electron chi connectivity index (χ0n) is 14.6. The number of carboxylic acids is 1. The SMILES string of the molecule is CC(Oc1c(Cl)cc(C=NNc2nc(-c3ccccc3)cs2)cc1Cl)C(=O)O. The Morgan fingerprint density at radius 2 is 1.96 bits per heavy atom. The molecule has 28 heavy (non-hydrogen) atoms. The number of hydrogen-bond donors (Lipinski definition) is 2. The van der Waals surface area contributed by atoms with Gasteiger partial charge in [0.2, 0.25) is 5.13 Å². The summed E-state index contributed by atoms with van der Waals surface area (Å²) in [6.07, 6.45) is 0.464. The number of rotatable bonds is 7. The van der Waals surface area contributed by atoms with Gasteiger partial charge in [-0.2, -0.15) is 5.10 Å². The molecule has 6 nitrogen and oxygen atoms in total. The van der Waals surface area contributed by atoms with Crippen molar-refractivity contribution in [1.82, 2.24) is 4.98 Å². The van der Waals surface area contributed by atoms with Crippen LogP contribution in [0.5, 0.6) is 5.75 Å². The fraction of sp³-hybridized carbons (Fsp3) is 0.105. The molecule has 3 rings (SSSR count). The normalized spacial score (nSPS) is 12.1. The van der Waals surface area contributed by atoms with E-state index >= 15 is 0 Å². The van der Waals surface area contributed by atoms with E-state index in [-0.39, 0.29) is 15.8 Å². The van der Waals surface area contributed by atoms with Crippen LogP contribution in [-0.2, 0) is 4.79 Å². The predicted molar refractivity (Wildman–Crippen MR) is 113 cm³/mol. The van der Waals surface area contributed by atoms with Crippen molar-refractivity contribution in [3.63, 3.8) is 0 Å². The first-order valence-electron chi connectivity index (χ1n) is 8.12. The summed E-state index contributed by atoms with van der Waals surface area (Å²) in [7, 11) is 0. The van der Waals surface area contributed by atoms with Gasteiger partial charge in [-0.3, -0.25) is 5.43 Å². The molecule has 0 amide bonds. The Kier molecular flexibility index (Phi) is 6.51. The highest BCUT2D eigenvalue weighted by atomic mass is 35.5. The lowest BCUT2D eigenvalue weighted by Crippen LogP contribution is -2.23. The van der Waals surface area contributed by atoms with Gasteiger partial charge in [0.05, 0.1) is 22.0 Å². The van der Waals surface area contributed by atoms with Gasteiger partial charge in [0.15, 0.2) is 11.9 Å². The third-order valence-corrected chi connectivity index (χ3v) is 4.92. The van der Waals surface area contributed by atoms with E-state index in [1.807, 2.05) is 35.7 Å². The lowest BCUT2D eigenvalue weighted by molar-refractivity contribution is -0.144. The van der Waals surface area contributed by atoms with Crippen molar-refractivity contribution in [2.75, 3.05) is 5.43 Å². The number of benzene rings is 2. The molecular weight excluding hydrogens is 421 g/mol. The lowest BCUT2D eigenvalue weighted by Gasteiger charge is -2.13. The minimum absolute atomic E-state index is 0.121. The molecule has 0 aliphatic heterocycles. The summed E-state index contributed by atoms with van der Waals surface area (Å²) < 4.78 is 5.28. The number of hydrogen-bond acceptors (Lipinski definition) is 6. The number of nitrogens with zero attached hydrogens (tertiary/aromatic N) is 2. The number of anilines is 1. The summed E-state index contributed by atoms with van der Waals surface area (Å²) in [4.78, 5) is 15.4.